The maximum Gasteiger partial charge on any atom is 0.0640 e. The van der Waals surface area contributed by atoms with Gasteiger partial charge in [-0.3, -0.25) is 0 Å². The van der Waals surface area contributed by atoms with Crippen molar-refractivity contribution in [3.8, 4) is 33.4 Å². The molecule has 0 aliphatic rings. The summed E-state index contributed by atoms with van der Waals surface area (Å²) < 4.78 is 2.56. The minimum absolute atomic E-state index is 1.12. The molecular weight excluding hydrogens is 695 g/mol. The highest BCUT2D eigenvalue weighted by molar-refractivity contribution is 7.26. The molecule has 0 N–H and O–H groups in total. The minimum Gasteiger partial charge on any atom is -0.308 e. The van der Waals surface area contributed by atoms with Gasteiger partial charge in [-0.1, -0.05) is 170 Å². The van der Waals surface area contributed by atoms with Crippen LogP contribution >= 0.6 is 11.3 Å². The number of rotatable bonds is 6. The molecule has 11 aromatic rings. The Labute approximate surface area is 330 Å². The molecule has 1 nitrogen and oxygen atoms in total. The predicted octanol–water partition coefficient (Wildman–Crippen LogP) is 16.0. The highest BCUT2D eigenvalue weighted by Crippen LogP contribution is 2.48. The highest BCUT2D eigenvalue weighted by atomic mass is 32.1. The van der Waals surface area contributed by atoms with Crippen LogP contribution in [0.15, 0.2) is 212 Å². The fourth-order valence-electron chi connectivity index (χ4n) is 8.52. The van der Waals surface area contributed by atoms with E-state index in [9.17, 15) is 0 Å². The molecule has 0 fully saturated rings. The lowest BCUT2D eigenvalue weighted by atomic mass is 9.96. The standard InChI is InChI=1S/C54H35NS/c1-3-12-36(13-4-1)41-27-33-53-50(35-41)49-20-11-21-52(54(49)56-53)55(51-32-31-45(38-14-5-2-6-15-38)47-18-9-10-19-48(47)51)43-28-24-37(25-29-43)40-26-30-46-42(34-40)23-22-39-16-7-8-17-44(39)46/h1-35H. The number of benzene rings is 10. The van der Waals surface area contributed by atoms with E-state index >= 15 is 0 Å². The van der Waals surface area contributed by atoms with Gasteiger partial charge in [-0.05, 0) is 103 Å². The first kappa shape index (κ1) is 32.4. The van der Waals surface area contributed by atoms with Crippen LogP contribution < -0.4 is 4.90 Å². The molecule has 1 aromatic heterocycles. The van der Waals surface area contributed by atoms with Gasteiger partial charge in [0.05, 0.1) is 16.1 Å². The van der Waals surface area contributed by atoms with Crippen LogP contribution in [0, 0.1) is 0 Å². The Hall–Kier alpha value is -7.00. The Morgan fingerprint density at radius 2 is 0.911 bits per heavy atom. The van der Waals surface area contributed by atoms with E-state index in [0.29, 0.717) is 0 Å². The second kappa shape index (κ2) is 13.4. The van der Waals surface area contributed by atoms with Crippen LogP contribution in [0.4, 0.5) is 17.1 Å². The molecule has 2 heteroatoms. The number of hydrogen-bond donors (Lipinski definition) is 0. The van der Waals surface area contributed by atoms with Gasteiger partial charge >= 0.3 is 0 Å². The average Bonchev–Trinajstić information content (AvgIpc) is 3.66. The van der Waals surface area contributed by atoms with E-state index in [0.717, 1.165) is 11.4 Å². The summed E-state index contributed by atoms with van der Waals surface area (Å²) in [5.41, 5.74) is 10.8. The van der Waals surface area contributed by atoms with E-state index < -0.39 is 0 Å². The molecule has 0 bridgehead atoms. The van der Waals surface area contributed by atoms with E-state index in [-0.39, 0.29) is 0 Å². The first-order valence-electron chi connectivity index (χ1n) is 19.2. The third-order valence-electron chi connectivity index (χ3n) is 11.3. The van der Waals surface area contributed by atoms with Gasteiger partial charge in [-0.25, -0.2) is 0 Å². The van der Waals surface area contributed by atoms with Crippen molar-refractivity contribution in [3.05, 3.63) is 212 Å². The minimum atomic E-state index is 1.12. The molecule has 56 heavy (non-hydrogen) atoms. The second-order valence-corrected chi connectivity index (χ2v) is 15.5. The molecular formula is C54H35NS. The first-order valence-corrected chi connectivity index (χ1v) is 20.0. The third-order valence-corrected chi connectivity index (χ3v) is 12.5. The SMILES string of the molecule is c1ccc(-c2ccc3sc4c(N(c5ccc(-c6ccc7c(ccc8ccccc87)c6)cc5)c5ccc(-c6ccccc6)c6ccccc56)cccc4c3c2)cc1. The number of hydrogen-bond acceptors (Lipinski definition) is 2. The highest BCUT2D eigenvalue weighted by Gasteiger charge is 2.21. The molecule has 11 rings (SSSR count). The summed E-state index contributed by atoms with van der Waals surface area (Å²) in [4.78, 5) is 2.48. The molecule has 10 aromatic carbocycles. The van der Waals surface area contributed by atoms with Crippen LogP contribution in [0.2, 0.25) is 0 Å². The van der Waals surface area contributed by atoms with Crippen molar-refractivity contribution >= 4 is 80.9 Å². The fourth-order valence-corrected chi connectivity index (χ4v) is 9.71. The lowest BCUT2D eigenvalue weighted by Crippen LogP contribution is -2.10. The Balaban J connectivity index is 1.09. The van der Waals surface area contributed by atoms with Crippen molar-refractivity contribution in [1.82, 2.24) is 0 Å². The van der Waals surface area contributed by atoms with Crippen LogP contribution in [-0.2, 0) is 0 Å². The van der Waals surface area contributed by atoms with Gasteiger partial charge in [0.25, 0.3) is 0 Å². The van der Waals surface area contributed by atoms with Gasteiger partial charge in [0.1, 0.15) is 0 Å². The monoisotopic (exact) mass is 729 g/mol. The summed E-state index contributed by atoms with van der Waals surface area (Å²) in [6.45, 7) is 0. The summed E-state index contributed by atoms with van der Waals surface area (Å²) in [5.74, 6) is 0. The predicted molar refractivity (Wildman–Crippen MR) is 243 cm³/mol. The maximum absolute atomic E-state index is 2.48. The Bertz CT molecular complexity index is 3230. The van der Waals surface area contributed by atoms with Crippen LogP contribution in [0.5, 0.6) is 0 Å². The Morgan fingerprint density at radius 3 is 1.73 bits per heavy atom. The van der Waals surface area contributed by atoms with Crippen molar-refractivity contribution < 1.29 is 0 Å². The van der Waals surface area contributed by atoms with Gasteiger partial charge < -0.3 is 4.90 Å². The van der Waals surface area contributed by atoms with E-state index in [1.165, 1.54) is 91.6 Å². The van der Waals surface area contributed by atoms with Gasteiger partial charge in [0.2, 0.25) is 0 Å². The zero-order valence-corrected chi connectivity index (χ0v) is 31.4. The molecule has 0 atom stereocenters. The van der Waals surface area contributed by atoms with Crippen LogP contribution in [-0.4, -0.2) is 0 Å². The number of thiophene rings is 1. The van der Waals surface area contributed by atoms with Gasteiger partial charge in [-0.2, -0.15) is 0 Å². The quantitative estimate of drug-likeness (QED) is 0.154. The van der Waals surface area contributed by atoms with Crippen molar-refractivity contribution in [1.29, 1.82) is 0 Å². The lowest BCUT2D eigenvalue weighted by Gasteiger charge is -2.28. The van der Waals surface area contributed by atoms with Crippen molar-refractivity contribution in [3.63, 3.8) is 0 Å². The van der Waals surface area contributed by atoms with E-state index in [2.05, 4.69) is 217 Å². The number of nitrogens with zero attached hydrogens (tertiary/aromatic N) is 1. The van der Waals surface area contributed by atoms with Crippen molar-refractivity contribution in [2.24, 2.45) is 0 Å². The average molecular weight is 730 g/mol. The zero-order valence-electron chi connectivity index (χ0n) is 30.6. The molecule has 0 unspecified atom stereocenters. The smallest absolute Gasteiger partial charge is 0.0640 e. The maximum atomic E-state index is 2.48. The largest absolute Gasteiger partial charge is 0.308 e. The zero-order chi connectivity index (χ0) is 37.0. The van der Waals surface area contributed by atoms with Crippen molar-refractivity contribution in [2.75, 3.05) is 4.90 Å². The number of anilines is 3. The second-order valence-electron chi connectivity index (χ2n) is 14.5. The first-order chi connectivity index (χ1) is 27.8. The molecule has 0 aliphatic heterocycles. The van der Waals surface area contributed by atoms with Crippen molar-refractivity contribution in [2.45, 2.75) is 0 Å². The van der Waals surface area contributed by atoms with Crippen LogP contribution in [0.3, 0.4) is 0 Å². The molecule has 1 heterocycles. The normalized spacial score (nSPS) is 11.6. The third kappa shape index (κ3) is 5.46. The van der Waals surface area contributed by atoms with Crippen LogP contribution in [0.25, 0.3) is 85.9 Å². The fraction of sp³-hybridized carbons (Fsp3) is 0. The number of fused-ring (bicyclic) bond motifs is 7. The Kier molecular flexibility index (Phi) is 7.75. The van der Waals surface area contributed by atoms with Gasteiger partial charge in [-0.15, -0.1) is 11.3 Å². The van der Waals surface area contributed by atoms with Gasteiger partial charge in [0, 0.05) is 26.5 Å². The van der Waals surface area contributed by atoms with Crippen LogP contribution in [0.1, 0.15) is 0 Å². The summed E-state index contributed by atoms with van der Waals surface area (Å²) >= 11 is 1.88. The molecule has 0 spiro atoms. The molecule has 262 valence electrons. The summed E-state index contributed by atoms with van der Waals surface area (Å²) in [7, 11) is 0. The van der Waals surface area contributed by atoms with E-state index in [4.69, 9.17) is 0 Å². The molecule has 0 amide bonds. The van der Waals surface area contributed by atoms with E-state index in [1.807, 2.05) is 11.3 Å². The molecule has 0 saturated carbocycles. The summed E-state index contributed by atoms with van der Waals surface area (Å²) in [6.07, 6.45) is 0. The lowest BCUT2D eigenvalue weighted by molar-refractivity contribution is 1.32. The molecule has 0 saturated heterocycles. The Morgan fingerprint density at radius 1 is 0.304 bits per heavy atom. The molecule has 0 radical (unpaired) electrons. The summed E-state index contributed by atoms with van der Waals surface area (Å²) in [6, 6.07) is 77.7. The van der Waals surface area contributed by atoms with E-state index in [1.54, 1.807) is 0 Å². The van der Waals surface area contributed by atoms with Gasteiger partial charge in [0.15, 0.2) is 0 Å². The summed E-state index contributed by atoms with van der Waals surface area (Å²) in [5, 5.41) is 10.1. The molecule has 0 aliphatic carbocycles. The topological polar surface area (TPSA) is 3.24 Å².